The highest BCUT2D eigenvalue weighted by atomic mass is 19.1. The first-order valence-electron chi connectivity index (χ1n) is 5.14. The fourth-order valence-electron chi connectivity index (χ4n) is 1.35. The lowest BCUT2D eigenvalue weighted by Crippen LogP contribution is -2.12. The van der Waals surface area contributed by atoms with Crippen LogP contribution >= 0.6 is 0 Å². The zero-order valence-electron chi connectivity index (χ0n) is 9.88. The van der Waals surface area contributed by atoms with Gasteiger partial charge in [0.25, 0.3) is 0 Å². The van der Waals surface area contributed by atoms with Crippen LogP contribution in [0.2, 0.25) is 0 Å². The van der Waals surface area contributed by atoms with Gasteiger partial charge in [0.1, 0.15) is 0 Å². The summed E-state index contributed by atoms with van der Waals surface area (Å²) in [6, 6.07) is 3.35. The Labute approximate surface area is 102 Å². The van der Waals surface area contributed by atoms with E-state index in [4.69, 9.17) is 4.74 Å². The SMILES string of the molecule is CCOC(=O)C(F)c1ccc([N+](=O)[O-])c(OC)c1. The monoisotopic (exact) mass is 257 g/mol. The van der Waals surface area contributed by atoms with Crippen LogP contribution in [-0.4, -0.2) is 24.6 Å². The molecule has 0 radical (unpaired) electrons. The molecule has 1 aromatic rings. The third kappa shape index (κ3) is 2.93. The second kappa shape index (κ2) is 5.95. The molecule has 0 saturated heterocycles. The highest BCUT2D eigenvalue weighted by molar-refractivity contribution is 5.76. The van der Waals surface area contributed by atoms with Crippen LogP contribution < -0.4 is 4.74 Å². The molecule has 0 aromatic heterocycles. The smallest absolute Gasteiger partial charge is 0.345 e. The summed E-state index contributed by atoms with van der Waals surface area (Å²) in [6.45, 7) is 1.62. The number of nitro groups is 1. The van der Waals surface area contributed by atoms with Crippen molar-refractivity contribution in [3.05, 3.63) is 33.9 Å². The Balaban J connectivity index is 3.05. The summed E-state index contributed by atoms with van der Waals surface area (Å²) in [5, 5.41) is 10.6. The average molecular weight is 257 g/mol. The average Bonchev–Trinajstić information content (AvgIpc) is 2.37. The van der Waals surface area contributed by atoms with Crippen molar-refractivity contribution < 1.29 is 23.6 Å². The predicted molar refractivity (Wildman–Crippen MR) is 60.1 cm³/mol. The molecule has 1 atom stereocenters. The number of ether oxygens (including phenoxy) is 2. The molecule has 0 amide bonds. The number of benzene rings is 1. The first-order valence-corrected chi connectivity index (χ1v) is 5.14. The molecule has 0 aliphatic carbocycles. The summed E-state index contributed by atoms with van der Waals surface area (Å²) < 4.78 is 23.0. The summed E-state index contributed by atoms with van der Waals surface area (Å²) in [7, 11) is 1.23. The van der Waals surface area contributed by atoms with Crippen LogP contribution in [0.15, 0.2) is 18.2 Å². The topological polar surface area (TPSA) is 78.7 Å². The van der Waals surface area contributed by atoms with Gasteiger partial charge in [-0.3, -0.25) is 10.1 Å². The maximum absolute atomic E-state index is 13.7. The molecule has 0 bridgehead atoms. The number of halogens is 1. The van der Waals surface area contributed by atoms with Gasteiger partial charge in [-0.15, -0.1) is 0 Å². The Morgan fingerprint density at radius 2 is 2.22 bits per heavy atom. The zero-order chi connectivity index (χ0) is 13.7. The molecular formula is C11H12FNO5. The molecule has 0 N–H and O–H groups in total. The molecule has 98 valence electrons. The summed E-state index contributed by atoms with van der Waals surface area (Å²) in [5.41, 5.74) is -0.340. The maximum Gasteiger partial charge on any atom is 0.345 e. The lowest BCUT2D eigenvalue weighted by Gasteiger charge is -2.09. The second-order valence-electron chi connectivity index (χ2n) is 3.30. The van der Waals surface area contributed by atoms with Crippen LogP contribution in [0.4, 0.5) is 10.1 Å². The number of hydrogen-bond acceptors (Lipinski definition) is 5. The van der Waals surface area contributed by atoms with E-state index in [2.05, 4.69) is 4.74 Å². The van der Waals surface area contributed by atoms with Gasteiger partial charge < -0.3 is 9.47 Å². The molecule has 0 fully saturated rings. The molecule has 7 heteroatoms. The minimum absolute atomic E-state index is 0.0455. The van der Waals surface area contributed by atoms with Gasteiger partial charge in [-0.1, -0.05) is 0 Å². The minimum Gasteiger partial charge on any atom is -0.490 e. The van der Waals surface area contributed by atoms with Crippen molar-refractivity contribution in [3.63, 3.8) is 0 Å². The quantitative estimate of drug-likeness (QED) is 0.459. The molecule has 0 aliphatic rings. The van der Waals surface area contributed by atoms with E-state index >= 15 is 0 Å². The molecule has 1 rings (SSSR count). The van der Waals surface area contributed by atoms with Crippen LogP contribution in [0.1, 0.15) is 18.7 Å². The Kier molecular flexibility index (Phi) is 4.59. The van der Waals surface area contributed by atoms with Crippen molar-refractivity contribution in [2.45, 2.75) is 13.1 Å². The zero-order valence-corrected chi connectivity index (χ0v) is 9.88. The normalized spacial score (nSPS) is 11.7. The molecule has 0 spiro atoms. The predicted octanol–water partition coefficient (Wildman–Crippen LogP) is 2.18. The summed E-state index contributed by atoms with van der Waals surface area (Å²) in [5.74, 6) is -1.14. The van der Waals surface area contributed by atoms with Gasteiger partial charge in [-0.25, -0.2) is 9.18 Å². The summed E-state index contributed by atoms with van der Waals surface area (Å²) in [6.07, 6.45) is -1.99. The number of nitrogens with zero attached hydrogens (tertiary/aromatic N) is 1. The van der Waals surface area contributed by atoms with Crippen LogP contribution in [0, 0.1) is 10.1 Å². The van der Waals surface area contributed by atoms with Crippen LogP contribution in [0.5, 0.6) is 5.75 Å². The van der Waals surface area contributed by atoms with Gasteiger partial charge in [-0.2, -0.15) is 0 Å². The third-order valence-corrected chi connectivity index (χ3v) is 2.19. The van der Waals surface area contributed by atoms with Crippen molar-refractivity contribution in [2.24, 2.45) is 0 Å². The van der Waals surface area contributed by atoms with Gasteiger partial charge in [0, 0.05) is 11.6 Å². The van der Waals surface area contributed by atoms with Crippen molar-refractivity contribution >= 4 is 11.7 Å². The number of carbonyl (C=O) groups is 1. The standard InChI is InChI=1S/C11H12FNO5/c1-3-18-11(14)10(12)7-4-5-8(13(15)16)9(6-7)17-2/h4-6,10H,3H2,1-2H3. The van der Waals surface area contributed by atoms with Gasteiger partial charge in [0.15, 0.2) is 5.75 Å². The highest BCUT2D eigenvalue weighted by Crippen LogP contribution is 2.31. The van der Waals surface area contributed by atoms with Crippen LogP contribution in [0.25, 0.3) is 0 Å². The van der Waals surface area contributed by atoms with E-state index < -0.39 is 17.1 Å². The molecule has 6 nitrogen and oxygen atoms in total. The van der Waals surface area contributed by atoms with E-state index in [1.165, 1.54) is 7.11 Å². The van der Waals surface area contributed by atoms with Crippen molar-refractivity contribution in [3.8, 4) is 5.75 Å². The van der Waals surface area contributed by atoms with E-state index in [0.29, 0.717) is 0 Å². The number of carbonyl (C=O) groups excluding carboxylic acids is 1. The largest absolute Gasteiger partial charge is 0.490 e. The molecule has 0 saturated carbocycles. The van der Waals surface area contributed by atoms with E-state index in [0.717, 1.165) is 18.2 Å². The van der Waals surface area contributed by atoms with E-state index in [9.17, 15) is 19.3 Å². The van der Waals surface area contributed by atoms with Gasteiger partial charge in [-0.05, 0) is 19.1 Å². The summed E-state index contributed by atoms with van der Waals surface area (Å²) >= 11 is 0. The Morgan fingerprint density at radius 1 is 1.56 bits per heavy atom. The first kappa shape index (κ1) is 13.9. The van der Waals surface area contributed by atoms with Gasteiger partial charge in [0.05, 0.1) is 18.6 Å². The fraction of sp³-hybridized carbons (Fsp3) is 0.364. The van der Waals surface area contributed by atoms with Crippen molar-refractivity contribution in [1.29, 1.82) is 0 Å². The number of hydrogen-bond donors (Lipinski definition) is 0. The number of esters is 1. The molecule has 0 heterocycles. The highest BCUT2D eigenvalue weighted by Gasteiger charge is 2.24. The lowest BCUT2D eigenvalue weighted by molar-refractivity contribution is -0.385. The van der Waals surface area contributed by atoms with Crippen LogP contribution in [-0.2, 0) is 9.53 Å². The second-order valence-corrected chi connectivity index (χ2v) is 3.30. The summed E-state index contributed by atoms with van der Waals surface area (Å²) in [4.78, 5) is 21.2. The molecule has 18 heavy (non-hydrogen) atoms. The number of alkyl halides is 1. The number of nitro benzene ring substituents is 1. The number of methoxy groups -OCH3 is 1. The molecular weight excluding hydrogens is 245 g/mol. The third-order valence-electron chi connectivity index (χ3n) is 2.19. The van der Waals surface area contributed by atoms with Gasteiger partial charge >= 0.3 is 11.7 Å². The van der Waals surface area contributed by atoms with E-state index in [1.54, 1.807) is 6.92 Å². The molecule has 0 aliphatic heterocycles. The Morgan fingerprint density at radius 3 is 2.72 bits per heavy atom. The fourth-order valence-corrected chi connectivity index (χ4v) is 1.35. The first-order chi connectivity index (χ1) is 8.51. The number of rotatable bonds is 5. The molecule has 1 unspecified atom stereocenters. The Hall–Kier alpha value is -2.18. The maximum atomic E-state index is 13.7. The Bertz CT molecular complexity index is 463. The van der Waals surface area contributed by atoms with E-state index in [1.807, 2.05) is 0 Å². The van der Waals surface area contributed by atoms with Gasteiger partial charge in [0.2, 0.25) is 6.17 Å². The van der Waals surface area contributed by atoms with Crippen LogP contribution in [0.3, 0.4) is 0 Å². The van der Waals surface area contributed by atoms with E-state index in [-0.39, 0.29) is 23.6 Å². The van der Waals surface area contributed by atoms with Crippen molar-refractivity contribution in [2.75, 3.05) is 13.7 Å². The minimum atomic E-state index is -1.99. The molecule has 1 aromatic carbocycles. The van der Waals surface area contributed by atoms with Crippen molar-refractivity contribution in [1.82, 2.24) is 0 Å². The lowest BCUT2D eigenvalue weighted by atomic mass is 10.1.